The first-order chi connectivity index (χ1) is 7.58. The van der Waals surface area contributed by atoms with Crippen molar-refractivity contribution in [1.82, 2.24) is 4.90 Å². The lowest BCUT2D eigenvalue weighted by Gasteiger charge is -2.14. The Balaban J connectivity index is 2.45. The fraction of sp³-hybridized carbons (Fsp3) is 0.308. The molecule has 0 atom stereocenters. The second kappa shape index (κ2) is 6.08. The fourth-order valence-corrected chi connectivity index (χ4v) is 1.52. The molecule has 86 valence electrons. The monoisotopic (exact) mass is 219 g/mol. The standard InChI is InChI=1S/C13H17NO2/c1-11-5-3-6-12(9-11)10-14(2)8-4-7-13(15)16/h3-7,9H,8,10H2,1-2H3,(H,15,16)/b7-4+. The van der Waals surface area contributed by atoms with Crippen molar-refractivity contribution in [3.63, 3.8) is 0 Å². The third-order valence-electron chi connectivity index (χ3n) is 2.21. The first kappa shape index (κ1) is 12.5. The van der Waals surface area contributed by atoms with Crippen LogP contribution in [-0.2, 0) is 11.3 Å². The summed E-state index contributed by atoms with van der Waals surface area (Å²) in [4.78, 5) is 12.3. The highest BCUT2D eigenvalue weighted by Gasteiger charge is 1.98. The van der Waals surface area contributed by atoms with Gasteiger partial charge in [-0.05, 0) is 19.5 Å². The van der Waals surface area contributed by atoms with Crippen molar-refractivity contribution in [2.75, 3.05) is 13.6 Å². The number of likely N-dealkylation sites (N-methyl/N-ethyl adjacent to an activating group) is 1. The van der Waals surface area contributed by atoms with E-state index in [9.17, 15) is 4.79 Å². The summed E-state index contributed by atoms with van der Waals surface area (Å²) in [5.41, 5.74) is 2.48. The van der Waals surface area contributed by atoms with Gasteiger partial charge in [-0.15, -0.1) is 0 Å². The molecule has 0 fully saturated rings. The molecule has 0 amide bonds. The first-order valence-corrected chi connectivity index (χ1v) is 5.21. The van der Waals surface area contributed by atoms with E-state index in [0.29, 0.717) is 6.54 Å². The number of nitrogens with zero attached hydrogens (tertiary/aromatic N) is 1. The van der Waals surface area contributed by atoms with E-state index in [0.717, 1.165) is 6.54 Å². The topological polar surface area (TPSA) is 40.5 Å². The molecule has 0 bridgehead atoms. The molecule has 0 heterocycles. The summed E-state index contributed by atoms with van der Waals surface area (Å²) in [6, 6.07) is 8.31. The van der Waals surface area contributed by atoms with Crippen LogP contribution < -0.4 is 0 Å². The van der Waals surface area contributed by atoms with Crippen LogP contribution in [0.3, 0.4) is 0 Å². The molecule has 0 saturated heterocycles. The summed E-state index contributed by atoms with van der Waals surface area (Å²) in [6.45, 7) is 3.53. The zero-order chi connectivity index (χ0) is 12.0. The van der Waals surface area contributed by atoms with Crippen molar-refractivity contribution in [2.24, 2.45) is 0 Å². The number of carbonyl (C=O) groups is 1. The molecule has 0 saturated carbocycles. The second-order valence-electron chi connectivity index (χ2n) is 3.93. The highest BCUT2D eigenvalue weighted by Crippen LogP contribution is 2.06. The van der Waals surface area contributed by atoms with Gasteiger partial charge in [-0.2, -0.15) is 0 Å². The number of rotatable bonds is 5. The second-order valence-corrected chi connectivity index (χ2v) is 3.93. The Morgan fingerprint density at radius 3 is 2.88 bits per heavy atom. The Kier molecular flexibility index (Phi) is 4.73. The highest BCUT2D eigenvalue weighted by molar-refractivity contribution is 5.79. The summed E-state index contributed by atoms with van der Waals surface area (Å²) in [6.07, 6.45) is 2.82. The average molecular weight is 219 g/mol. The minimum atomic E-state index is -0.899. The molecule has 3 heteroatoms. The Morgan fingerprint density at radius 2 is 2.25 bits per heavy atom. The van der Waals surface area contributed by atoms with Crippen LogP contribution in [-0.4, -0.2) is 29.6 Å². The number of benzene rings is 1. The third kappa shape index (κ3) is 4.75. The van der Waals surface area contributed by atoms with E-state index in [-0.39, 0.29) is 0 Å². The van der Waals surface area contributed by atoms with Gasteiger partial charge in [0.15, 0.2) is 0 Å². The minimum Gasteiger partial charge on any atom is -0.478 e. The van der Waals surface area contributed by atoms with Gasteiger partial charge < -0.3 is 5.11 Å². The highest BCUT2D eigenvalue weighted by atomic mass is 16.4. The Morgan fingerprint density at radius 1 is 1.50 bits per heavy atom. The summed E-state index contributed by atoms with van der Waals surface area (Å²) in [7, 11) is 1.97. The van der Waals surface area contributed by atoms with Crippen LogP contribution in [0.5, 0.6) is 0 Å². The number of hydrogen-bond acceptors (Lipinski definition) is 2. The van der Waals surface area contributed by atoms with Gasteiger partial charge in [-0.25, -0.2) is 4.79 Å². The van der Waals surface area contributed by atoms with Crippen molar-refractivity contribution in [3.05, 3.63) is 47.5 Å². The zero-order valence-corrected chi connectivity index (χ0v) is 9.68. The van der Waals surface area contributed by atoms with E-state index in [1.165, 1.54) is 17.2 Å². The molecule has 1 N–H and O–H groups in total. The van der Waals surface area contributed by atoms with Crippen LogP contribution in [0.15, 0.2) is 36.4 Å². The molecule has 1 aromatic rings. The molecule has 0 aliphatic heterocycles. The fourth-order valence-electron chi connectivity index (χ4n) is 1.52. The van der Waals surface area contributed by atoms with Crippen molar-refractivity contribution in [2.45, 2.75) is 13.5 Å². The lowest BCUT2D eigenvalue weighted by molar-refractivity contribution is -0.131. The molecule has 0 aliphatic rings. The average Bonchev–Trinajstić information content (AvgIpc) is 2.16. The van der Waals surface area contributed by atoms with E-state index in [1.807, 2.05) is 13.1 Å². The van der Waals surface area contributed by atoms with E-state index in [1.54, 1.807) is 6.08 Å². The third-order valence-corrected chi connectivity index (χ3v) is 2.21. The molecule has 1 rings (SSSR count). The van der Waals surface area contributed by atoms with Crippen molar-refractivity contribution in [1.29, 1.82) is 0 Å². The molecule has 0 aliphatic carbocycles. The predicted octanol–water partition coefficient (Wildman–Crippen LogP) is 2.07. The number of aliphatic carboxylic acids is 1. The maximum absolute atomic E-state index is 10.3. The van der Waals surface area contributed by atoms with Crippen LogP contribution in [0.4, 0.5) is 0 Å². The van der Waals surface area contributed by atoms with Crippen LogP contribution in [0.2, 0.25) is 0 Å². The summed E-state index contributed by atoms with van der Waals surface area (Å²) >= 11 is 0. The molecular formula is C13H17NO2. The zero-order valence-electron chi connectivity index (χ0n) is 9.68. The lowest BCUT2D eigenvalue weighted by atomic mass is 10.1. The number of aryl methyl sites for hydroxylation is 1. The van der Waals surface area contributed by atoms with Crippen molar-refractivity contribution >= 4 is 5.97 Å². The summed E-state index contributed by atoms with van der Waals surface area (Å²) < 4.78 is 0. The van der Waals surface area contributed by atoms with Gasteiger partial charge in [0.05, 0.1) is 0 Å². The Hall–Kier alpha value is -1.61. The van der Waals surface area contributed by atoms with Gasteiger partial charge in [-0.1, -0.05) is 35.9 Å². The van der Waals surface area contributed by atoms with E-state index < -0.39 is 5.97 Å². The van der Waals surface area contributed by atoms with E-state index in [2.05, 4.69) is 30.0 Å². The Bertz CT molecular complexity index is 385. The van der Waals surface area contributed by atoms with Gasteiger partial charge in [0.25, 0.3) is 0 Å². The van der Waals surface area contributed by atoms with E-state index in [4.69, 9.17) is 5.11 Å². The van der Waals surface area contributed by atoms with E-state index >= 15 is 0 Å². The predicted molar refractivity (Wildman–Crippen MR) is 64.3 cm³/mol. The van der Waals surface area contributed by atoms with Gasteiger partial charge in [0.2, 0.25) is 0 Å². The molecule has 16 heavy (non-hydrogen) atoms. The molecule has 0 spiro atoms. The SMILES string of the molecule is Cc1cccc(CN(C)C/C=C/C(=O)O)c1. The number of carboxylic acids is 1. The van der Waals surface area contributed by atoms with Crippen LogP contribution >= 0.6 is 0 Å². The lowest BCUT2D eigenvalue weighted by Crippen LogP contribution is -2.17. The maximum Gasteiger partial charge on any atom is 0.328 e. The van der Waals surface area contributed by atoms with Gasteiger partial charge >= 0.3 is 5.97 Å². The number of carboxylic acid groups (broad SMARTS) is 1. The summed E-state index contributed by atoms with van der Waals surface area (Å²) in [5.74, 6) is -0.899. The minimum absolute atomic E-state index is 0.639. The van der Waals surface area contributed by atoms with Crippen LogP contribution in [0.1, 0.15) is 11.1 Å². The van der Waals surface area contributed by atoms with Crippen molar-refractivity contribution in [3.8, 4) is 0 Å². The number of hydrogen-bond donors (Lipinski definition) is 1. The van der Waals surface area contributed by atoms with Crippen molar-refractivity contribution < 1.29 is 9.90 Å². The smallest absolute Gasteiger partial charge is 0.328 e. The molecular weight excluding hydrogens is 202 g/mol. The Labute approximate surface area is 96.0 Å². The summed E-state index contributed by atoms with van der Waals surface area (Å²) in [5, 5.41) is 8.45. The van der Waals surface area contributed by atoms with Crippen LogP contribution in [0.25, 0.3) is 0 Å². The van der Waals surface area contributed by atoms with Gasteiger partial charge in [0.1, 0.15) is 0 Å². The molecule has 1 aromatic carbocycles. The molecule has 3 nitrogen and oxygen atoms in total. The van der Waals surface area contributed by atoms with Gasteiger partial charge in [0, 0.05) is 19.2 Å². The molecule has 0 unspecified atom stereocenters. The maximum atomic E-state index is 10.3. The van der Waals surface area contributed by atoms with Crippen LogP contribution in [0, 0.1) is 6.92 Å². The first-order valence-electron chi connectivity index (χ1n) is 5.21. The molecule has 0 radical (unpaired) electrons. The van der Waals surface area contributed by atoms with Gasteiger partial charge in [-0.3, -0.25) is 4.90 Å². The quantitative estimate of drug-likeness (QED) is 0.771. The normalized spacial score (nSPS) is 11.2. The largest absolute Gasteiger partial charge is 0.478 e. The molecule has 0 aromatic heterocycles.